The van der Waals surface area contributed by atoms with Crippen LogP contribution in [0.3, 0.4) is 0 Å². The molecule has 1 fully saturated rings. The highest BCUT2D eigenvalue weighted by atomic mass is 16.5. The average Bonchev–Trinajstić information content (AvgIpc) is 3.37. The van der Waals surface area contributed by atoms with Crippen LogP contribution in [-0.2, 0) is 11.3 Å². The van der Waals surface area contributed by atoms with Gasteiger partial charge in [-0.25, -0.2) is 4.98 Å². The summed E-state index contributed by atoms with van der Waals surface area (Å²) in [6, 6.07) is 15.8. The molecule has 0 spiro atoms. The molecule has 1 saturated heterocycles. The van der Waals surface area contributed by atoms with E-state index < -0.39 is 0 Å². The second kappa shape index (κ2) is 7.92. The fourth-order valence-corrected chi connectivity index (χ4v) is 3.70. The van der Waals surface area contributed by atoms with Gasteiger partial charge in [-0.2, -0.15) is 0 Å². The molecule has 140 valence electrons. The Kier molecular flexibility index (Phi) is 5.21. The van der Waals surface area contributed by atoms with Gasteiger partial charge in [0.2, 0.25) is 0 Å². The molecule has 1 aromatic heterocycles. The molecule has 4 rings (SSSR count). The minimum absolute atomic E-state index is 0.00863. The second-order valence-electron chi connectivity index (χ2n) is 7.18. The number of rotatable bonds is 6. The number of benzene rings is 2. The van der Waals surface area contributed by atoms with Crippen molar-refractivity contribution in [3.63, 3.8) is 0 Å². The average molecular weight is 363 g/mol. The number of fused-ring (bicyclic) bond motifs is 1. The summed E-state index contributed by atoms with van der Waals surface area (Å²) in [5.74, 6) is 0.480. The molecular weight excluding hydrogens is 338 g/mol. The van der Waals surface area contributed by atoms with E-state index >= 15 is 0 Å². The van der Waals surface area contributed by atoms with Gasteiger partial charge in [-0.3, -0.25) is 4.79 Å². The molecule has 0 saturated carbocycles. The SMILES string of the molecule is CCC(NC(=O)c1ccc2c(c1)ncn2CC1CCOC1)c1ccccc1. The molecule has 1 aliphatic rings. The van der Waals surface area contributed by atoms with Crippen molar-refractivity contribution in [3.05, 3.63) is 66.0 Å². The van der Waals surface area contributed by atoms with E-state index in [1.807, 2.05) is 54.9 Å². The summed E-state index contributed by atoms with van der Waals surface area (Å²) < 4.78 is 7.63. The molecule has 0 aliphatic carbocycles. The fraction of sp³-hybridized carbons (Fsp3) is 0.364. The van der Waals surface area contributed by atoms with Crippen LogP contribution >= 0.6 is 0 Å². The normalized spacial score (nSPS) is 17.9. The van der Waals surface area contributed by atoms with Gasteiger partial charge in [-0.1, -0.05) is 37.3 Å². The Labute approximate surface area is 159 Å². The number of imidazole rings is 1. The smallest absolute Gasteiger partial charge is 0.251 e. The third-order valence-electron chi connectivity index (χ3n) is 5.28. The molecule has 1 aliphatic heterocycles. The Morgan fingerprint density at radius 3 is 2.89 bits per heavy atom. The lowest BCUT2D eigenvalue weighted by Gasteiger charge is -2.17. The maximum atomic E-state index is 12.8. The van der Waals surface area contributed by atoms with Crippen molar-refractivity contribution in [2.24, 2.45) is 5.92 Å². The van der Waals surface area contributed by atoms with E-state index in [0.717, 1.165) is 49.2 Å². The van der Waals surface area contributed by atoms with E-state index in [-0.39, 0.29) is 11.9 Å². The van der Waals surface area contributed by atoms with E-state index in [9.17, 15) is 4.79 Å². The molecule has 1 N–H and O–H groups in total. The summed E-state index contributed by atoms with van der Waals surface area (Å²) in [5.41, 5.74) is 3.69. The zero-order valence-corrected chi connectivity index (χ0v) is 15.6. The van der Waals surface area contributed by atoms with Crippen LogP contribution in [0.4, 0.5) is 0 Å². The van der Waals surface area contributed by atoms with Gasteiger partial charge in [0.1, 0.15) is 0 Å². The van der Waals surface area contributed by atoms with Crippen molar-refractivity contribution < 1.29 is 9.53 Å². The molecule has 2 atom stereocenters. The maximum Gasteiger partial charge on any atom is 0.251 e. The maximum absolute atomic E-state index is 12.8. The van der Waals surface area contributed by atoms with Gasteiger partial charge >= 0.3 is 0 Å². The number of nitrogens with zero attached hydrogens (tertiary/aromatic N) is 2. The van der Waals surface area contributed by atoms with Crippen LogP contribution in [0, 0.1) is 5.92 Å². The van der Waals surface area contributed by atoms with Gasteiger partial charge < -0.3 is 14.6 Å². The molecule has 5 nitrogen and oxygen atoms in total. The zero-order valence-electron chi connectivity index (χ0n) is 15.6. The van der Waals surface area contributed by atoms with Gasteiger partial charge in [-0.05, 0) is 36.6 Å². The molecule has 2 aromatic carbocycles. The summed E-state index contributed by atoms with van der Waals surface area (Å²) in [6.45, 7) is 4.66. The van der Waals surface area contributed by atoms with Gasteiger partial charge in [-0.15, -0.1) is 0 Å². The van der Waals surface area contributed by atoms with Gasteiger partial charge in [0, 0.05) is 24.6 Å². The second-order valence-corrected chi connectivity index (χ2v) is 7.18. The Morgan fingerprint density at radius 1 is 1.30 bits per heavy atom. The first-order valence-electron chi connectivity index (χ1n) is 9.63. The highest BCUT2D eigenvalue weighted by Crippen LogP contribution is 2.21. The van der Waals surface area contributed by atoms with E-state index in [1.165, 1.54) is 0 Å². The standard InChI is InChI=1S/C22H25N3O2/c1-2-19(17-6-4-3-5-7-17)24-22(26)18-8-9-21-20(12-18)23-15-25(21)13-16-10-11-27-14-16/h3-9,12,15-16,19H,2,10-11,13-14H2,1H3,(H,24,26). The number of carbonyl (C=O) groups excluding carboxylic acids is 1. The Balaban J connectivity index is 1.50. The molecule has 1 amide bonds. The number of aromatic nitrogens is 2. The molecule has 2 unspecified atom stereocenters. The summed E-state index contributed by atoms with van der Waals surface area (Å²) >= 11 is 0. The summed E-state index contributed by atoms with van der Waals surface area (Å²) in [7, 11) is 0. The Bertz CT molecular complexity index is 914. The van der Waals surface area contributed by atoms with E-state index in [0.29, 0.717) is 11.5 Å². The van der Waals surface area contributed by atoms with Gasteiger partial charge in [0.05, 0.1) is 30.0 Å². The van der Waals surface area contributed by atoms with Crippen LogP contribution in [0.2, 0.25) is 0 Å². The lowest BCUT2D eigenvalue weighted by molar-refractivity contribution is 0.0935. The Hall–Kier alpha value is -2.66. The van der Waals surface area contributed by atoms with Crippen LogP contribution < -0.4 is 5.32 Å². The molecule has 2 heterocycles. The summed E-state index contributed by atoms with van der Waals surface area (Å²) in [5, 5.41) is 3.14. The third-order valence-corrected chi connectivity index (χ3v) is 5.28. The largest absolute Gasteiger partial charge is 0.381 e. The first-order valence-corrected chi connectivity index (χ1v) is 9.63. The van der Waals surface area contributed by atoms with E-state index in [2.05, 4.69) is 21.8 Å². The predicted octanol–water partition coefficient (Wildman–Crippen LogP) is 3.95. The quantitative estimate of drug-likeness (QED) is 0.721. The van der Waals surface area contributed by atoms with Crippen LogP contribution in [0.5, 0.6) is 0 Å². The zero-order chi connectivity index (χ0) is 18.6. The van der Waals surface area contributed by atoms with Gasteiger partial charge in [0.25, 0.3) is 5.91 Å². The van der Waals surface area contributed by atoms with Crippen molar-refractivity contribution >= 4 is 16.9 Å². The lowest BCUT2D eigenvalue weighted by atomic mass is 10.0. The van der Waals surface area contributed by atoms with Crippen molar-refractivity contribution in [3.8, 4) is 0 Å². The predicted molar refractivity (Wildman–Crippen MR) is 106 cm³/mol. The topological polar surface area (TPSA) is 56.2 Å². The molecule has 3 aromatic rings. The Morgan fingerprint density at radius 2 is 2.15 bits per heavy atom. The van der Waals surface area contributed by atoms with Crippen LogP contribution in [0.25, 0.3) is 11.0 Å². The highest BCUT2D eigenvalue weighted by Gasteiger charge is 2.18. The van der Waals surface area contributed by atoms with Crippen LogP contribution in [0.1, 0.15) is 41.7 Å². The minimum Gasteiger partial charge on any atom is -0.381 e. The number of hydrogen-bond acceptors (Lipinski definition) is 3. The minimum atomic E-state index is -0.0636. The molecular formula is C22H25N3O2. The first kappa shape index (κ1) is 17.7. The van der Waals surface area contributed by atoms with E-state index in [1.54, 1.807) is 0 Å². The van der Waals surface area contributed by atoms with Crippen LogP contribution in [0.15, 0.2) is 54.9 Å². The molecule has 27 heavy (non-hydrogen) atoms. The van der Waals surface area contributed by atoms with E-state index in [4.69, 9.17) is 4.74 Å². The highest BCUT2D eigenvalue weighted by molar-refractivity contribution is 5.97. The van der Waals surface area contributed by atoms with Crippen molar-refractivity contribution in [2.75, 3.05) is 13.2 Å². The van der Waals surface area contributed by atoms with Gasteiger partial charge in [0.15, 0.2) is 0 Å². The number of ether oxygens (including phenoxy) is 1. The number of carbonyl (C=O) groups is 1. The lowest BCUT2D eigenvalue weighted by Crippen LogP contribution is -2.28. The fourth-order valence-electron chi connectivity index (χ4n) is 3.70. The summed E-state index contributed by atoms with van der Waals surface area (Å²) in [4.78, 5) is 17.3. The monoisotopic (exact) mass is 363 g/mol. The number of amides is 1. The third kappa shape index (κ3) is 3.88. The van der Waals surface area contributed by atoms with Crippen molar-refractivity contribution in [2.45, 2.75) is 32.4 Å². The first-order chi connectivity index (χ1) is 13.2. The number of hydrogen-bond donors (Lipinski definition) is 1. The van der Waals surface area contributed by atoms with Crippen LogP contribution in [-0.4, -0.2) is 28.7 Å². The molecule has 0 radical (unpaired) electrons. The number of nitrogens with one attached hydrogen (secondary N) is 1. The molecule has 0 bridgehead atoms. The van der Waals surface area contributed by atoms with Crippen molar-refractivity contribution in [1.82, 2.24) is 14.9 Å². The summed E-state index contributed by atoms with van der Waals surface area (Å²) in [6.07, 6.45) is 3.80. The molecule has 5 heteroatoms. The van der Waals surface area contributed by atoms with Crippen molar-refractivity contribution in [1.29, 1.82) is 0 Å².